The highest BCUT2D eigenvalue weighted by atomic mass is 16.5. The molecule has 0 aromatic carbocycles. The lowest BCUT2D eigenvalue weighted by Crippen LogP contribution is -1.90. The molecule has 114 valence electrons. The molecule has 1 nitrogen and oxygen atoms in total. The molecule has 0 bridgehead atoms. The van der Waals surface area contributed by atoms with Crippen LogP contribution in [0.25, 0.3) is 0 Å². The van der Waals surface area contributed by atoms with Gasteiger partial charge in [0, 0.05) is 0 Å². The number of unbranched alkanes of at least 4 members (excludes halogenated alkanes) is 9. The molecule has 19 heavy (non-hydrogen) atoms. The van der Waals surface area contributed by atoms with Crippen molar-refractivity contribution in [2.45, 2.75) is 97.8 Å². The van der Waals surface area contributed by atoms with Gasteiger partial charge in [-0.25, -0.2) is 0 Å². The Kier molecular flexibility index (Phi) is 15.2. The van der Waals surface area contributed by atoms with Gasteiger partial charge in [0.05, 0.1) is 12.9 Å². The normalized spacial score (nSPS) is 10.5. The maximum absolute atomic E-state index is 5.59. The Bertz CT molecular complexity index is 190. The molecule has 0 saturated heterocycles. The second kappa shape index (κ2) is 15.6. The lowest BCUT2D eigenvalue weighted by atomic mass is 10.1. The molecule has 0 aliphatic carbocycles. The topological polar surface area (TPSA) is 9.23 Å². The van der Waals surface area contributed by atoms with Gasteiger partial charge in [-0.05, 0) is 24.8 Å². The molecule has 0 aliphatic rings. The van der Waals surface area contributed by atoms with E-state index in [1.807, 2.05) is 6.26 Å². The molecule has 0 N–H and O–H groups in total. The molecular weight excluding hydrogens is 232 g/mol. The van der Waals surface area contributed by atoms with Crippen molar-refractivity contribution in [2.24, 2.45) is 0 Å². The van der Waals surface area contributed by atoms with Crippen LogP contribution in [0.5, 0.6) is 0 Å². The molecule has 0 atom stereocenters. The van der Waals surface area contributed by atoms with Crippen LogP contribution in [0.3, 0.4) is 0 Å². The largest absolute Gasteiger partial charge is 0.501 e. The molecule has 0 heterocycles. The van der Waals surface area contributed by atoms with E-state index in [1.54, 1.807) is 0 Å². The number of hydrogen-bond donors (Lipinski definition) is 0. The van der Waals surface area contributed by atoms with Crippen LogP contribution in [-0.4, -0.2) is 6.61 Å². The zero-order valence-corrected chi connectivity index (χ0v) is 13.7. The Morgan fingerprint density at radius 1 is 0.684 bits per heavy atom. The van der Waals surface area contributed by atoms with Crippen LogP contribution in [0.4, 0.5) is 0 Å². The first-order chi connectivity index (χ1) is 9.35. The molecule has 0 fully saturated rings. The van der Waals surface area contributed by atoms with Crippen LogP contribution in [0.15, 0.2) is 11.8 Å². The lowest BCUT2D eigenvalue weighted by molar-refractivity contribution is 0.236. The first-order valence-electron chi connectivity index (χ1n) is 8.64. The minimum Gasteiger partial charge on any atom is -0.501 e. The van der Waals surface area contributed by atoms with Gasteiger partial charge in [0.25, 0.3) is 0 Å². The molecular formula is C18H36O. The maximum Gasteiger partial charge on any atom is 0.0873 e. The number of ether oxygens (including phenoxy) is 1. The fraction of sp³-hybridized carbons (Fsp3) is 0.889. The fourth-order valence-electron chi connectivity index (χ4n) is 2.27. The summed E-state index contributed by atoms with van der Waals surface area (Å²) in [6.07, 6.45) is 18.1. The van der Waals surface area contributed by atoms with E-state index in [-0.39, 0.29) is 0 Å². The minimum atomic E-state index is 0.903. The Morgan fingerprint density at radius 3 is 1.63 bits per heavy atom. The number of allylic oxidation sites excluding steroid dienone is 1. The van der Waals surface area contributed by atoms with Crippen molar-refractivity contribution in [3.05, 3.63) is 11.8 Å². The summed E-state index contributed by atoms with van der Waals surface area (Å²) in [6.45, 7) is 7.57. The Hall–Kier alpha value is -0.460. The molecule has 0 aromatic rings. The fourth-order valence-corrected chi connectivity index (χ4v) is 2.27. The van der Waals surface area contributed by atoms with E-state index in [1.165, 1.54) is 69.8 Å². The molecule has 1 heteroatoms. The van der Waals surface area contributed by atoms with Crippen molar-refractivity contribution < 1.29 is 4.74 Å². The van der Waals surface area contributed by atoms with E-state index in [0.717, 1.165) is 19.4 Å². The van der Waals surface area contributed by atoms with Crippen molar-refractivity contribution in [1.29, 1.82) is 0 Å². The van der Waals surface area contributed by atoms with Crippen molar-refractivity contribution in [1.82, 2.24) is 0 Å². The van der Waals surface area contributed by atoms with Crippen LogP contribution in [0, 0.1) is 0 Å². The zero-order valence-electron chi connectivity index (χ0n) is 13.7. The third kappa shape index (κ3) is 13.8. The second-order valence-corrected chi connectivity index (χ2v) is 5.54. The average molecular weight is 268 g/mol. The molecule has 0 aromatic heterocycles. The van der Waals surface area contributed by atoms with E-state index in [2.05, 4.69) is 20.8 Å². The Balaban J connectivity index is 3.12. The van der Waals surface area contributed by atoms with Gasteiger partial charge >= 0.3 is 0 Å². The molecule has 0 spiro atoms. The molecule has 0 saturated carbocycles. The summed E-state index contributed by atoms with van der Waals surface area (Å²) in [4.78, 5) is 0. The van der Waals surface area contributed by atoms with Crippen molar-refractivity contribution in [2.75, 3.05) is 6.61 Å². The second-order valence-electron chi connectivity index (χ2n) is 5.54. The van der Waals surface area contributed by atoms with Crippen LogP contribution in [-0.2, 0) is 4.74 Å². The van der Waals surface area contributed by atoms with E-state index in [9.17, 15) is 0 Å². The first kappa shape index (κ1) is 18.5. The van der Waals surface area contributed by atoms with Gasteiger partial charge in [-0.2, -0.15) is 0 Å². The van der Waals surface area contributed by atoms with Gasteiger partial charge < -0.3 is 4.74 Å². The van der Waals surface area contributed by atoms with Crippen molar-refractivity contribution >= 4 is 0 Å². The average Bonchev–Trinajstić information content (AvgIpc) is 2.44. The molecule has 0 rings (SSSR count). The summed E-state index contributed by atoms with van der Waals surface area (Å²) >= 11 is 0. The van der Waals surface area contributed by atoms with Crippen LogP contribution < -0.4 is 0 Å². The highest BCUT2D eigenvalue weighted by Gasteiger charge is 1.93. The summed E-state index contributed by atoms with van der Waals surface area (Å²) in [5.41, 5.74) is 1.42. The zero-order chi connectivity index (χ0) is 14.2. The predicted molar refractivity (Wildman–Crippen MR) is 86.5 cm³/mol. The smallest absolute Gasteiger partial charge is 0.0873 e. The summed E-state index contributed by atoms with van der Waals surface area (Å²) in [6, 6.07) is 0. The van der Waals surface area contributed by atoms with Crippen LogP contribution in [0.1, 0.15) is 97.8 Å². The summed E-state index contributed by atoms with van der Waals surface area (Å²) in [7, 11) is 0. The third-order valence-corrected chi connectivity index (χ3v) is 3.77. The Labute approximate surface area is 121 Å². The highest BCUT2D eigenvalue weighted by Crippen LogP contribution is 2.11. The standard InChI is InChI=1S/C18H36O/c1-4-7-8-9-10-11-12-13-14-15-16-19-17-18(5-2)6-3/h17H,4-16H2,1-3H3. The number of hydrogen-bond acceptors (Lipinski definition) is 1. The maximum atomic E-state index is 5.59. The summed E-state index contributed by atoms with van der Waals surface area (Å²) < 4.78 is 5.59. The minimum absolute atomic E-state index is 0.903. The summed E-state index contributed by atoms with van der Waals surface area (Å²) in [5, 5.41) is 0. The Morgan fingerprint density at radius 2 is 1.16 bits per heavy atom. The SMILES string of the molecule is CCCCCCCCCCCCOC=C(CC)CC. The van der Waals surface area contributed by atoms with Crippen molar-refractivity contribution in [3.8, 4) is 0 Å². The van der Waals surface area contributed by atoms with E-state index < -0.39 is 0 Å². The first-order valence-corrected chi connectivity index (χ1v) is 8.64. The predicted octanol–water partition coefficient (Wildman–Crippen LogP) is 6.63. The monoisotopic (exact) mass is 268 g/mol. The van der Waals surface area contributed by atoms with Gasteiger partial charge in [0.2, 0.25) is 0 Å². The number of rotatable bonds is 14. The third-order valence-electron chi connectivity index (χ3n) is 3.77. The van der Waals surface area contributed by atoms with Gasteiger partial charge in [0.15, 0.2) is 0 Å². The molecule has 0 aliphatic heterocycles. The van der Waals surface area contributed by atoms with Gasteiger partial charge in [-0.15, -0.1) is 0 Å². The van der Waals surface area contributed by atoms with E-state index in [4.69, 9.17) is 4.74 Å². The quantitative estimate of drug-likeness (QED) is 0.254. The van der Waals surface area contributed by atoms with Gasteiger partial charge in [-0.1, -0.05) is 78.6 Å². The van der Waals surface area contributed by atoms with Gasteiger partial charge in [-0.3, -0.25) is 0 Å². The van der Waals surface area contributed by atoms with Gasteiger partial charge in [0.1, 0.15) is 0 Å². The van der Waals surface area contributed by atoms with Crippen LogP contribution >= 0.6 is 0 Å². The molecule has 0 radical (unpaired) electrons. The van der Waals surface area contributed by atoms with E-state index >= 15 is 0 Å². The summed E-state index contributed by atoms with van der Waals surface area (Å²) in [5.74, 6) is 0. The molecule has 0 unspecified atom stereocenters. The molecule has 0 amide bonds. The van der Waals surface area contributed by atoms with Crippen LogP contribution in [0.2, 0.25) is 0 Å². The van der Waals surface area contributed by atoms with Crippen molar-refractivity contribution in [3.63, 3.8) is 0 Å². The lowest BCUT2D eigenvalue weighted by Gasteiger charge is -2.04. The highest BCUT2D eigenvalue weighted by molar-refractivity contribution is 4.95. The van der Waals surface area contributed by atoms with E-state index in [0.29, 0.717) is 0 Å².